The van der Waals surface area contributed by atoms with Crippen LogP contribution in [0.5, 0.6) is 0 Å². The molecule has 2 aliphatic heterocycles. The van der Waals surface area contributed by atoms with Crippen LogP contribution in [0.1, 0.15) is 29.5 Å². The van der Waals surface area contributed by atoms with Crippen LogP contribution in [0.2, 0.25) is 0 Å². The summed E-state index contributed by atoms with van der Waals surface area (Å²) in [5, 5.41) is 1.02. The van der Waals surface area contributed by atoms with Gasteiger partial charge in [-0.15, -0.1) is 0 Å². The molecule has 3 heterocycles. The van der Waals surface area contributed by atoms with E-state index in [1.807, 2.05) is 36.1 Å². The minimum absolute atomic E-state index is 0.00523. The third-order valence-corrected chi connectivity index (χ3v) is 4.75. The smallest absolute Gasteiger partial charge is 0.289 e. The lowest BCUT2D eigenvalue weighted by molar-refractivity contribution is 0.0434. The van der Waals surface area contributed by atoms with E-state index >= 15 is 0 Å². The number of likely N-dealkylation sites (tertiary alicyclic amines) is 1. The molecule has 0 unspecified atom stereocenters. The van der Waals surface area contributed by atoms with Gasteiger partial charge in [-0.3, -0.25) is 4.79 Å². The van der Waals surface area contributed by atoms with Gasteiger partial charge in [-0.1, -0.05) is 18.2 Å². The summed E-state index contributed by atoms with van der Waals surface area (Å²) in [6.45, 7) is 5.52. The molecule has 4 heteroatoms. The molecule has 1 amide bonds. The van der Waals surface area contributed by atoms with Crippen molar-refractivity contribution in [2.45, 2.75) is 32.5 Å². The van der Waals surface area contributed by atoms with E-state index < -0.39 is 0 Å². The molecule has 0 spiro atoms. The maximum Gasteiger partial charge on any atom is 0.289 e. The number of hydrogen-bond acceptors (Lipinski definition) is 3. The first-order chi connectivity index (χ1) is 10.1. The lowest BCUT2D eigenvalue weighted by Gasteiger charge is -2.17. The molecule has 2 aromatic rings. The van der Waals surface area contributed by atoms with Crippen molar-refractivity contribution in [1.82, 2.24) is 4.90 Å². The van der Waals surface area contributed by atoms with E-state index in [1.165, 1.54) is 0 Å². The number of amides is 1. The van der Waals surface area contributed by atoms with Crippen molar-refractivity contribution < 1.29 is 13.9 Å². The molecule has 4 nitrogen and oxygen atoms in total. The number of benzene rings is 1. The number of furan rings is 1. The van der Waals surface area contributed by atoms with Crippen molar-refractivity contribution in [3.8, 4) is 0 Å². The van der Waals surface area contributed by atoms with Crippen LogP contribution in [0, 0.1) is 12.8 Å². The Balaban J connectivity index is 1.61. The number of aryl methyl sites for hydroxylation is 1. The van der Waals surface area contributed by atoms with Crippen LogP contribution in [-0.2, 0) is 4.74 Å². The second-order valence-electron chi connectivity index (χ2n) is 6.24. The molecule has 21 heavy (non-hydrogen) atoms. The number of hydrogen-bond donors (Lipinski definition) is 0. The minimum Gasteiger partial charge on any atom is -0.451 e. The zero-order chi connectivity index (χ0) is 14.6. The summed E-state index contributed by atoms with van der Waals surface area (Å²) in [5.41, 5.74) is 1.71. The molecule has 4 rings (SSSR count). The summed E-state index contributed by atoms with van der Waals surface area (Å²) in [6, 6.07) is 7.79. The standard InChI is InChI=1S/C17H19NO3/c1-10-7-12-8-18(9-15(12)20-10)17(19)16-11(2)13-5-3-4-6-14(13)21-16/h3-6,10,12,15H,7-9H2,1-2H3/t10-,12+,15-/m0/s1. The largest absolute Gasteiger partial charge is 0.451 e. The predicted molar refractivity (Wildman–Crippen MR) is 79.3 cm³/mol. The van der Waals surface area contributed by atoms with Crippen LogP contribution < -0.4 is 0 Å². The molecule has 0 aliphatic carbocycles. The number of ether oxygens (including phenoxy) is 1. The van der Waals surface area contributed by atoms with Crippen LogP contribution in [0.15, 0.2) is 28.7 Å². The summed E-state index contributed by atoms with van der Waals surface area (Å²) < 4.78 is 11.7. The van der Waals surface area contributed by atoms with Crippen molar-refractivity contribution in [2.24, 2.45) is 5.92 Å². The van der Waals surface area contributed by atoms with Gasteiger partial charge in [0.05, 0.1) is 12.2 Å². The van der Waals surface area contributed by atoms with Gasteiger partial charge in [0, 0.05) is 30.0 Å². The van der Waals surface area contributed by atoms with Gasteiger partial charge in [-0.25, -0.2) is 0 Å². The van der Waals surface area contributed by atoms with Crippen molar-refractivity contribution in [3.63, 3.8) is 0 Å². The maximum absolute atomic E-state index is 12.7. The predicted octanol–water partition coefficient (Wildman–Crippen LogP) is 2.99. The van der Waals surface area contributed by atoms with Gasteiger partial charge in [0.2, 0.25) is 0 Å². The first-order valence-corrected chi connectivity index (χ1v) is 7.56. The molecule has 1 aromatic carbocycles. The van der Waals surface area contributed by atoms with Crippen molar-refractivity contribution in [2.75, 3.05) is 13.1 Å². The Kier molecular flexibility index (Phi) is 2.82. The van der Waals surface area contributed by atoms with Gasteiger partial charge in [0.25, 0.3) is 5.91 Å². The fourth-order valence-electron chi connectivity index (χ4n) is 3.69. The van der Waals surface area contributed by atoms with E-state index in [1.54, 1.807) is 0 Å². The number of carbonyl (C=O) groups excluding carboxylic acids is 1. The highest BCUT2D eigenvalue weighted by Crippen LogP contribution is 2.34. The number of carbonyl (C=O) groups is 1. The van der Waals surface area contributed by atoms with Crippen LogP contribution in [0.3, 0.4) is 0 Å². The molecule has 3 atom stereocenters. The SMILES string of the molecule is Cc1c(C(=O)N2C[C@H]3C[C@H](C)O[C@H]3C2)oc2ccccc12. The van der Waals surface area contributed by atoms with Gasteiger partial charge in [0.1, 0.15) is 5.58 Å². The molecule has 1 aromatic heterocycles. The van der Waals surface area contributed by atoms with Gasteiger partial charge >= 0.3 is 0 Å². The van der Waals surface area contributed by atoms with E-state index in [4.69, 9.17) is 9.15 Å². The summed E-state index contributed by atoms with van der Waals surface area (Å²) in [4.78, 5) is 14.6. The monoisotopic (exact) mass is 285 g/mol. The van der Waals surface area contributed by atoms with Crippen LogP contribution in [0.4, 0.5) is 0 Å². The molecule has 2 saturated heterocycles. The van der Waals surface area contributed by atoms with E-state index in [-0.39, 0.29) is 12.0 Å². The van der Waals surface area contributed by atoms with Crippen LogP contribution in [-0.4, -0.2) is 36.1 Å². The lowest BCUT2D eigenvalue weighted by atomic mass is 10.0. The highest BCUT2D eigenvalue weighted by Gasteiger charge is 2.42. The molecular weight excluding hydrogens is 266 g/mol. The summed E-state index contributed by atoms with van der Waals surface area (Å²) in [5.74, 6) is 0.951. The Morgan fingerprint density at radius 1 is 1.29 bits per heavy atom. The van der Waals surface area contributed by atoms with E-state index in [2.05, 4.69) is 6.92 Å². The summed E-state index contributed by atoms with van der Waals surface area (Å²) >= 11 is 0. The van der Waals surface area contributed by atoms with Gasteiger partial charge in [-0.05, 0) is 26.3 Å². The topological polar surface area (TPSA) is 42.7 Å². The van der Waals surface area contributed by atoms with Crippen LogP contribution >= 0.6 is 0 Å². The second kappa shape index (κ2) is 4.60. The maximum atomic E-state index is 12.7. The number of fused-ring (bicyclic) bond motifs is 2. The quantitative estimate of drug-likeness (QED) is 0.809. The highest BCUT2D eigenvalue weighted by atomic mass is 16.5. The normalized spacial score (nSPS) is 28.3. The number of para-hydroxylation sites is 1. The Labute approximate surface area is 123 Å². The van der Waals surface area contributed by atoms with Crippen molar-refractivity contribution >= 4 is 16.9 Å². The number of rotatable bonds is 1. The first-order valence-electron chi connectivity index (χ1n) is 7.56. The molecule has 0 bridgehead atoms. The zero-order valence-electron chi connectivity index (χ0n) is 12.3. The van der Waals surface area contributed by atoms with Gasteiger partial charge < -0.3 is 14.1 Å². The first kappa shape index (κ1) is 12.9. The van der Waals surface area contributed by atoms with E-state index in [0.717, 1.165) is 29.5 Å². The molecule has 2 fully saturated rings. The van der Waals surface area contributed by atoms with Crippen LogP contribution in [0.25, 0.3) is 11.0 Å². The van der Waals surface area contributed by atoms with Crippen molar-refractivity contribution in [3.05, 3.63) is 35.6 Å². The molecule has 110 valence electrons. The van der Waals surface area contributed by atoms with Crippen molar-refractivity contribution in [1.29, 1.82) is 0 Å². The Hall–Kier alpha value is -1.81. The molecule has 0 radical (unpaired) electrons. The third-order valence-electron chi connectivity index (χ3n) is 4.75. The van der Waals surface area contributed by atoms with E-state index in [9.17, 15) is 4.79 Å². The van der Waals surface area contributed by atoms with E-state index in [0.29, 0.717) is 24.3 Å². The second-order valence-corrected chi connectivity index (χ2v) is 6.24. The summed E-state index contributed by atoms with van der Waals surface area (Å²) in [6.07, 6.45) is 1.58. The average molecular weight is 285 g/mol. The molecule has 0 saturated carbocycles. The van der Waals surface area contributed by atoms with Gasteiger partial charge in [-0.2, -0.15) is 0 Å². The minimum atomic E-state index is -0.00523. The molecule has 0 N–H and O–H groups in total. The lowest BCUT2D eigenvalue weighted by Crippen LogP contribution is -2.31. The Morgan fingerprint density at radius 2 is 2.10 bits per heavy atom. The fourth-order valence-corrected chi connectivity index (χ4v) is 3.69. The summed E-state index contributed by atoms with van der Waals surface area (Å²) in [7, 11) is 0. The zero-order valence-corrected chi connectivity index (χ0v) is 12.3. The molecular formula is C17H19NO3. The highest BCUT2D eigenvalue weighted by molar-refractivity contribution is 5.99. The Morgan fingerprint density at radius 3 is 2.86 bits per heavy atom. The Bertz CT molecular complexity index is 691. The number of nitrogens with zero attached hydrogens (tertiary/aromatic N) is 1. The average Bonchev–Trinajstić information content (AvgIpc) is 3.10. The van der Waals surface area contributed by atoms with Gasteiger partial charge in [0.15, 0.2) is 5.76 Å². The molecule has 2 aliphatic rings. The fraction of sp³-hybridized carbons (Fsp3) is 0.471. The third kappa shape index (κ3) is 1.97.